The SMILES string of the molecule is CCc1ccc(C(C)NCC2CCC(C)O2)cc1. The maximum atomic E-state index is 5.82. The molecule has 1 aromatic carbocycles. The van der Waals surface area contributed by atoms with Gasteiger partial charge in [0.25, 0.3) is 0 Å². The Balaban J connectivity index is 1.81. The fourth-order valence-corrected chi connectivity index (χ4v) is 2.50. The first-order valence-corrected chi connectivity index (χ1v) is 7.16. The van der Waals surface area contributed by atoms with Crippen molar-refractivity contribution in [3.05, 3.63) is 35.4 Å². The molecule has 3 unspecified atom stereocenters. The Hall–Kier alpha value is -0.860. The van der Waals surface area contributed by atoms with Gasteiger partial charge in [-0.1, -0.05) is 31.2 Å². The van der Waals surface area contributed by atoms with Crippen LogP contribution in [0.15, 0.2) is 24.3 Å². The molecule has 1 fully saturated rings. The first kappa shape index (κ1) is 13.6. The van der Waals surface area contributed by atoms with Crippen LogP contribution in [0.5, 0.6) is 0 Å². The molecular weight excluding hydrogens is 222 g/mol. The van der Waals surface area contributed by atoms with Crippen LogP contribution >= 0.6 is 0 Å². The predicted octanol–water partition coefficient (Wildman–Crippen LogP) is 3.47. The van der Waals surface area contributed by atoms with Gasteiger partial charge in [-0.3, -0.25) is 0 Å². The molecule has 0 aromatic heterocycles. The quantitative estimate of drug-likeness (QED) is 0.860. The predicted molar refractivity (Wildman–Crippen MR) is 75.8 cm³/mol. The van der Waals surface area contributed by atoms with E-state index in [4.69, 9.17) is 4.74 Å². The average molecular weight is 247 g/mol. The molecular formula is C16H25NO. The highest BCUT2D eigenvalue weighted by atomic mass is 16.5. The van der Waals surface area contributed by atoms with Gasteiger partial charge in [-0.05, 0) is 44.2 Å². The zero-order chi connectivity index (χ0) is 13.0. The topological polar surface area (TPSA) is 21.3 Å². The van der Waals surface area contributed by atoms with E-state index in [2.05, 4.69) is 50.4 Å². The Morgan fingerprint density at radius 3 is 2.56 bits per heavy atom. The molecule has 1 saturated heterocycles. The van der Waals surface area contributed by atoms with Gasteiger partial charge in [-0.25, -0.2) is 0 Å². The van der Waals surface area contributed by atoms with Crippen LogP contribution in [0.1, 0.15) is 50.8 Å². The molecule has 1 heterocycles. The van der Waals surface area contributed by atoms with Crippen molar-refractivity contribution in [2.45, 2.75) is 58.3 Å². The van der Waals surface area contributed by atoms with Crippen LogP contribution in [0.2, 0.25) is 0 Å². The van der Waals surface area contributed by atoms with E-state index < -0.39 is 0 Å². The number of hydrogen-bond donors (Lipinski definition) is 1. The van der Waals surface area contributed by atoms with Crippen LogP contribution in [0.4, 0.5) is 0 Å². The maximum Gasteiger partial charge on any atom is 0.0704 e. The van der Waals surface area contributed by atoms with Crippen molar-refractivity contribution in [3.8, 4) is 0 Å². The molecule has 0 aliphatic carbocycles. The average Bonchev–Trinajstić information content (AvgIpc) is 2.82. The Labute approximate surface area is 111 Å². The van der Waals surface area contributed by atoms with E-state index in [1.165, 1.54) is 24.0 Å². The molecule has 18 heavy (non-hydrogen) atoms. The van der Waals surface area contributed by atoms with Gasteiger partial charge in [0, 0.05) is 12.6 Å². The van der Waals surface area contributed by atoms with E-state index in [1.807, 2.05) is 0 Å². The van der Waals surface area contributed by atoms with Gasteiger partial charge in [0.05, 0.1) is 12.2 Å². The molecule has 0 saturated carbocycles. The number of hydrogen-bond acceptors (Lipinski definition) is 2. The number of benzene rings is 1. The second-order valence-corrected chi connectivity index (χ2v) is 5.37. The van der Waals surface area contributed by atoms with E-state index in [9.17, 15) is 0 Å². The summed E-state index contributed by atoms with van der Waals surface area (Å²) in [6.07, 6.45) is 4.34. The zero-order valence-corrected chi connectivity index (χ0v) is 11.8. The molecule has 1 aliphatic rings. The van der Waals surface area contributed by atoms with Crippen molar-refractivity contribution in [3.63, 3.8) is 0 Å². The maximum absolute atomic E-state index is 5.82. The summed E-state index contributed by atoms with van der Waals surface area (Å²) < 4.78 is 5.82. The second-order valence-electron chi connectivity index (χ2n) is 5.37. The number of nitrogens with one attached hydrogen (secondary N) is 1. The lowest BCUT2D eigenvalue weighted by Gasteiger charge is -2.18. The summed E-state index contributed by atoms with van der Waals surface area (Å²) in [5.41, 5.74) is 2.76. The lowest BCUT2D eigenvalue weighted by molar-refractivity contribution is 0.0546. The number of aryl methyl sites for hydroxylation is 1. The van der Waals surface area contributed by atoms with Gasteiger partial charge in [-0.2, -0.15) is 0 Å². The Kier molecular flexibility index (Phi) is 4.79. The molecule has 2 heteroatoms. The molecule has 100 valence electrons. The Bertz CT molecular complexity index is 360. The van der Waals surface area contributed by atoms with Crippen LogP contribution < -0.4 is 5.32 Å². The zero-order valence-electron chi connectivity index (χ0n) is 11.8. The van der Waals surface area contributed by atoms with E-state index >= 15 is 0 Å². The highest BCUT2D eigenvalue weighted by molar-refractivity contribution is 5.24. The third-order valence-corrected chi connectivity index (χ3v) is 3.86. The first-order valence-electron chi connectivity index (χ1n) is 7.16. The van der Waals surface area contributed by atoms with E-state index in [1.54, 1.807) is 0 Å². The second kappa shape index (κ2) is 6.35. The minimum Gasteiger partial charge on any atom is -0.374 e. The van der Waals surface area contributed by atoms with Gasteiger partial charge in [-0.15, -0.1) is 0 Å². The van der Waals surface area contributed by atoms with Gasteiger partial charge in [0.2, 0.25) is 0 Å². The van der Waals surface area contributed by atoms with Crippen molar-refractivity contribution in [2.75, 3.05) is 6.54 Å². The molecule has 2 rings (SSSR count). The van der Waals surface area contributed by atoms with Gasteiger partial charge in [0.15, 0.2) is 0 Å². The fraction of sp³-hybridized carbons (Fsp3) is 0.625. The van der Waals surface area contributed by atoms with Gasteiger partial charge < -0.3 is 10.1 Å². The first-order chi connectivity index (χ1) is 8.69. The molecule has 3 atom stereocenters. The highest BCUT2D eigenvalue weighted by Crippen LogP contribution is 2.20. The van der Waals surface area contributed by atoms with Crippen LogP contribution in [0, 0.1) is 0 Å². The van der Waals surface area contributed by atoms with Crippen LogP contribution in [0.25, 0.3) is 0 Å². The summed E-state index contributed by atoms with van der Waals surface area (Å²) in [4.78, 5) is 0. The van der Waals surface area contributed by atoms with Gasteiger partial charge in [0.1, 0.15) is 0 Å². The summed E-state index contributed by atoms with van der Waals surface area (Å²) >= 11 is 0. The third-order valence-electron chi connectivity index (χ3n) is 3.86. The summed E-state index contributed by atoms with van der Waals surface area (Å²) in [5, 5.41) is 3.57. The monoisotopic (exact) mass is 247 g/mol. The number of rotatable bonds is 5. The van der Waals surface area contributed by atoms with Crippen molar-refractivity contribution in [1.82, 2.24) is 5.32 Å². The van der Waals surface area contributed by atoms with Crippen LogP contribution in [0.3, 0.4) is 0 Å². The van der Waals surface area contributed by atoms with Crippen molar-refractivity contribution in [1.29, 1.82) is 0 Å². The minimum atomic E-state index is 0.399. The van der Waals surface area contributed by atoms with Crippen molar-refractivity contribution >= 4 is 0 Å². The standard InChI is InChI=1S/C16H25NO/c1-4-14-6-8-15(9-7-14)13(3)17-11-16-10-5-12(2)18-16/h6-9,12-13,16-17H,4-5,10-11H2,1-3H3. The fourth-order valence-electron chi connectivity index (χ4n) is 2.50. The summed E-state index contributed by atoms with van der Waals surface area (Å²) in [5.74, 6) is 0. The molecule has 1 N–H and O–H groups in total. The lowest BCUT2D eigenvalue weighted by atomic mass is 10.0. The molecule has 1 aliphatic heterocycles. The summed E-state index contributed by atoms with van der Waals surface area (Å²) in [6.45, 7) is 7.53. The van der Waals surface area contributed by atoms with Crippen LogP contribution in [-0.2, 0) is 11.2 Å². The van der Waals surface area contributed by atoms with Crippen molar-refractivity contribution in [2.24, 2.45) is 0 Å². The van der Waals surface area contributed by atoms with Gasteiger partial charge >= 0.3 is 0 Å². The largest absolute Gasteiger partial charge is 0.374 e. The molecule has 0 amide bonds. The normalized spacial score (nSPS) is 25.3. The highest BCUT2D eigenvalue weighted by Gasteiger charge is 2.21. The van der Waals surface area contributed by atoms with E-state index in [0.717, 1.165) is 13.0 Å². The van der Waals surface area contributed by atoms with Crippen molar-refractivity contribution < 1.29 is 4.74 Å². The molecule has 2 nitrogen and oxygen atoms in total. The Morgan fingerprint density at radius 1 is 1.28 bits per heavy atom. The number of ether oxygens (including phenoxy) is 1. The van der Waals surface area contributed by atoms with E-state index in [-0.39, 0.29) is 0 Å². The van der Waals surface area contributed by atoms with E-state index in [0.29, 0.717) is 18.2 Å². The van der Waals surface area contributed by atoms with Crippen LogP contribution in [-0.4, -0.2) is 18.8 Å². The summed E-state index contributed by atoms with van der Waals surface area (Å²) in [7, 11) is 0. The molecule has 0 bridgehead atoms. The summed E-state index contributed by atoms with van der Waals surface area (Å²) in [6, 6.07) is 9.31. The smallest absolute Gasteiger partial charge is 0.0704 e. The minimum absolute atomic E-state index is 0.399. The molecule has 0 radical (unpaired) electrons. The Morgan fingerprint density at radius 2 is 2.00 bits per heavy atom. The molecule has 0 spiro atoms. The lowest BCUT2D eigenvalue weighted by Crippen LogP contribution is -2.29. The third kappa shape index (κ3) is 3.56. The molecule has 1 aromatic rings.